The third-order valence-electron chi connectivity index (χ3n) is 5.46. The van der Waals surface area contributed by atoms with Crippen LogP contribution in [0.5, 0.6) is 0 Å². The van der Waals surface area contributed by atoms with E-state index in [0.29, 0.717) is 6.42 Å². The van der Waals surface area contributed by atoms with Gasteiger partial charge >= 0.3 is 0 Å². The summed E-state index contributed by atoms with van der Waals surface area (Å²) in [6.45, 7) is 11.2. The molecule has 2 aliphatic heterocycles. The minimum atomic E-state index is 0.146. The fourth-order valence-electron chi connectivity index (χ4n) is 3.74. The summed E-state index contributed by atoms with van der Waals surface area (Å²) in [5, 5.41) is 0. The summed E-state index contributed by atoms with van der Waals surface area (Å²) >= 11 is 0. The largest absolute Gasteiger partial charge is 0.368 e. The van der Waals surface area contributed by atoms with E-state index >= 15 is 0 Å². The van der Waals surface area contributed by atoms with Gasteiger partial charge in [0.1, 0.15) is 0 Å². The van der Waals surface area contributed by atoms with Crippen molar-refractivity contribution in [3.63, 3.8) is 0 Å². The molecule has 0 spiro atoms. The molecule has 2 aliphatic rings. The Bertz CT molecular complexity index is 632. The molecule has 0 aromatic heterocycles. The van der Waals surface area contributed by atoms with E-state index in [1.807, 2.05) is 9.80 Å². The van der Waals surface area contributed by atoms with Crippen LogP contribution in [0.4, 0.5) is 5.69 Å². The Hall–Kier alpha value is -2.08. The Kier molecular flexibility index (Phi) is 6.14. The predicted octanol–water partition coefficient (Wildman–Crippen LogP) is 1.20. The van der Waals surface area contributed by atoms with Gasteiger partial charge in [0.05, 0.1) is 0 Å². The molecule has 2 saturated heterocycles. The van der Waals surface area contributed by atoms with Gasteiger partial charge in [-0.1, -0.05) is 12.1 Å². The van der Waals surface area contributed by atoms with Crippen LogP contribution in [0.25, 0.3) is 0 Å². The van der Waals surface area contributed by atoms with Gasteiger partial charge in [0.2, 0.25) is 11.8 Å². The molecule has 0 N–H and O–H groups in total. The number of hydrogen-bond acceptors (Lipinski definition) is 4. The Morgan fingerprint density at radius 1 is 0.923 bits per heavy atom. The van der Waals surface area contributed by atoms with Crippen molar-refractivity contribution in [1.29, 1.82) is 0 Å². The van der Waals surface area contributed by atoms with Crippen LogP contribution in [0.1, 0.15) is 18.9 Å². The number of anilines is 1. The summed E-state index contributed by atoms with van der Waals surface area (Å²) in [5.74, 6) is 0.398. The lowest BCUT2D eigenvalue weighted by atomic mass is 10.2. The number of carbonyl (C=O) groups is 2. The zero-order valence-electron chi connectivity index (χ0n) is 16.0. The SMILES string of the molecule is CC(=O)N1CCN(CCC(=O)N2CCN(c3cccc(C)c3)CC2)CC1. The summed E-state index contributed by atoms with van der Waals surface area (Å²) in [4.78, 5) is 32.4. The van der Waals surface area contributed by atoms with Crippen LogP contribution in [-0.2, 0) is 9.59 Å². The van der Waals surface area contributed by atoms with Crippen molar-refractivity contribution in [1.82, 2.24) is 14.7 Å². The lowest BCUT2D eigenvalue weighted by molar-refractivity contribution is -0.133. The first-order chi connectivity index (χ1) is 12.5. The van der Waals surface area contributed by atoms with Crippen LogP contribution in [0.2, 0.25) is 0 Å². The molecule has 0 radical (unpaired) electrons. The van der Waals surface area contributed by atoms with E-state index in [2.05, 4.69) is 41.0 Å². The van der Waals surface area contributed by atoms with Crippen molar-refractivity contribution in [3.8, 4) is 0 Å². The van der Waals surface area contributed by atoms with Crippen molar-refractivity contribution in [3.05, 3.63) is 29.8 Å². The van der Waals surface area contributed by atoms with Gasteiger partial charge in [0.25, 0.3) is 0 Å². The Balaban J connectivity index is 1.39. The van der Waals surface area contributed by atoms with E-state index in [-0.39, 0.29) is 11.8 Å². The maximum absolute atomic E-state index is 12.5. The van der Waals surface area contributed by atoms with E-state index in [9.17, 15) is 9.59 Å². The maximum atomic E-state index is 12.5. The molecule has 2 fully saturated rings. The molecule has 0 aliphatic carbocycles. The fraction of sp³-hybridized carbons (Fsp3) is 0.600. The first-order valence-corrected chi connectivity index (χ1v) is 9.60. The molecule has 2 heterocycles. The molecule has 3 rings (SSSR count). The molecule has 26 heavy (non-hydrogen) atoms. The molecule has 0 bridgehead atoms. The van der Waals surface area contributed by atoms with Crippen molar-refractivity contribution in [2.45, 2.75) is 20.3 Å². The Morgan fingerprint density at radius 3 is 2.19 bits per heavy atom. The van der Waals surface area contributed by atoms with E-state index in [1.165, 1.54) is 11.3 Å². The van der Waals surface area contributed by atoms with Gasteiger partial charge in [-0.05, 0) is 24.6 Å². The van der Waals surface area contributed by atoms with Crippen molar-refractivity contribution in [2.24, 2.45) is 0 Å². The third-order valence-corrected chi connectivity index (χ3v) is 5.46. The van der Waals surface area contributed by atoms with Crippen molar-refractivity contribution in [2.75, 3.05) is 63.8 Å². The van der Waals surface area contributed by atoms with E-state index in [0.717, 1.165) is 58.9 Å². The predicted molar refractivity (Wildman–Crippen MR) is 103 cm³/mol. The minimum absolute atomic E-state index is 0.146. The van der Waals surface area contributed by atoms with E-state index in [4.69, 9.17) is 0 Å². The van der Waals surface area contributed by atoms with Crippen LogP contribution >= 0.6 is 0 Å². The molecular formula is C20H30N4O2. The molecule has 2 amide bonds. The average molecular weight is 358 g/mol. The molecule has 0 unspecified atom stereocenters. The third kappa shape index (κ3) is 4.75. The number of hydrogen-bond donors (Lipinski definition) is 0. The smallest absolute Gasteiger partial charge is 0.223 e. The van der Waals surface area contributed by atoms with E-state index in [1.54, 1.807) is 6.92 Å². The quantitative estimate of drug-likeness (QED) is 0.811. The molecule has 1 aromatic rings. The maximum Gasteiger partial charge on any atom is 0.223 e. The van der Waals surface area contributed by atoms with E-state index < -0.39 is 0 Å². The highest BCUT2D eigenvalue weighted by Crippen LogP contribution is 2.18. The van der Waals surface area contributed by atoms with Gasteiger partial charge in [0, 0.05) is 77.9 Å². The highest BCUT2D eigenvalue weighted by Gasteiger charge is 2.23. The second-order valence-electron chi connectivity index (χ2n) is 7.30. The summed E-state index contributed by atoms with van der Waals surface area (Å²) < 4.78 is 0. The van der Waals surface area contributed by atoms with Crippen molar-refractivity contribution < 1.29 is 9.59 Å². The van der Waals surface area contributed by atoms with Gasteiger partial charge in [0.15, 0.2) is 0 Å². The van der Waals surface area contributed by atoms with Gasteiger partial charge in [-0.2, -0.15) is 0 Å². The highest BCUT2D eigenvalue weighted by molar-refractivity contribution is 5.76. The molecule has 6 heteroatoms. The molecule has 0 saturated carbocycles. The molecule has 1 aromatic carbocycles. The lowest BCUT2D eigenvalue weighted by Crippen LogP contribution is -2.51. The molecule has 142 valence electrons. The number of carbonyl (C=O) groups excluding carboxylic acids is 2. The van der Waals surface area contributed by atoms with Gasteiger partial charge in [-0.25, -0.2) is 0 Å². The standard InChI is InChI=1S/C20H30N4O2/c1-17-4-3-5-19(16-17)23-12-14-24(15-13-23)20(26)6-7-21-8-10-22(11-9-21)18(2)25/h3-5,16H,6-15H2,1-2H3. The van der Waals surface area contributed by atoms with Gasteiger partial charge in [-0.3, -0.25) is 14.5 Å². The topological polar surface area (TPSA) is 47.1 Å². The second-order valence-corrected chi connectivity index (χ2v) is 7.30. The summed E-state index contributed by atoms with van der Waals surface area (Å²) in [6.07, 6.45) is 0.574. The fourth-order valence-corrected chi connectivity index (χ4v) is 3.74. The average Bonchev–Trinajstić information content (AvgIpc) is 2.66. The number of nitrogens with zero attached hydrogens (tertiary/aromatic N) is 4. The number of aryl methyl sites for hydroxylation is 1. The Morgan fingerprint density at radius 2 is 1.58 bits per heavy atom. The van der Waals surface area contributed by atoms with Gasteiger partial charge < -0.3 is 14.7 Å². The molecule has 6 nitrogen and oxygen atoms in total. The number of piperazine rings is 2. The number of benzene rings is 1. The van der Waals surface area contributed by atoms with Crippen LogP contribution in [0.15, 0.2) is 24.3 Å². The Labute approximate surface area is 156 Å². The number of amides is 2. The van der Waals surface area contributed by atoms with Crippen molar-refractivity contribution >= 4 is 17.5 Å². The zero-order chi connectivity index (χ0) is 18.5. The summed E-state index contributed by atoms with van der Waals surface area (Å²) in [5.41, 5.74) is 2.52. The summed E-state index contributed by atoms with van der Waals surface area (Å²) in [6, 6.07) is 8.55. The molecular weight excluding hydrogens is 328 g/mol. The lowest BCUT2D eigenvalue weighted by Gasteiger charge is -2.37. The van der Waals surface area contributed by atoms with Crippen LogP contribution in [-0.4, -0.2) is 85.4 Å². The van der Waals surface area contributed by atoms with Gasteiger partial charge in [-0.15, -0.1) is 0 Å². The first-order valence-electron chi connectivity index (χ1n) is 9.60. The van der Waals surface area contributed by atoms with Crippen LogP contribution in [0.3, 0.4) is 0 Å². The van der Waals surface area contributed by atoms with Crippen LogP contribution < -0.4 is 4.90 Å². The summed E-state index contributed by atoms with van der Waals surface area (Å²) in [7, 11) is 0. The first kappa shape index (κ1) is 18.7. The zero-order valence-corrected chi connectivity index (χ0v) is 16.0. The number of rotatable bonds is 4. The highest BCUT2D eigenvalue weighted by atomic mass is 16.2. The van der Waals surface area contributed by atoms with Crippen LogP contribution in [0, 0.1) is 6.92 Å². The second kappa shape index (κ2) is 8.54. The molecule has 0 atom stereocenters. The monoisotopic (exact) mass is 358 g/mol. The normalized spacial score (nSPS) is 18.9. The minimum Gasteiger partial charge on any atom is -0.368 e.